The minimum atomic E-state index is -1.04. The van der Waals surface area contributed by atoms with Crippen LogP contribution in [0, 0.1) is 5.41 Å². The Hall–Kier alpha value is -1.49. The quantitative estimate of drug-likeness (QED) is 0.897. The van der Waals surface area contributed by atoms with Crippen LogP contribution in [0.1, 0.15) is 33.3 Å². The number of rotatable bonds is 4. The second kappa shape index (κ2) is 5.37. The first kappa shape index (κ1) is 15.9. The maximum absolute atomic E-state index is 12.5. The van der Waals surface area contributed by atoms with Gasteiger partial charge in [0.15, 0.2) is 0 Å². The zero-order valence-electron chi connectivity index (χ0n) is 12.8. The molecule has 1 aromatic rings. The van der Waals surface area contributed by atoms with Crippen LogP contribution >= 0.6 is 11.8 Å². The average molecular weight is 307 g/mol. The summed E-state index contributed by atoms with van der Waals surface area (Å²) in [5, 5.41) is 12.1. The summed E-state index contributed by atoms with van der Waals surface area (Å²) >= 11 is 1.54. The molecule has 1 aliphatic rings. The van der Waals surface area contributed by atoms with Gasteiger partial charge in [-0.2, -0.15) is 0 Å². The second-order valence-corrected chi connectivity index (χ2v) is 7.71. The molecule has 0 fully saturated rings. The van der Waals surface area contributed by atoms with E-state index in [1.807, 2.05) is 24.3 Å². The van der Waals surface area contributed by atoms with E-state index in [4.69, 9.17) is 0 Å². The molecule has 0 aromatic heterocycles. The van der Waals surface area contributed by atoms with Gasteiger partial charge >= 0.3 is 5.97 Å². The number of carboxylic acid groups (broad SMARTS) is 1. The van der Waals surface area contributed by atoms with Gasteiger partial charge in [-0.15, -0.1) is 11.8 Å². The third-order valence-corrected chi connectivity index (χ3v) is 5.79. The summed E-state index contributed by atoms with van der Waals surface area (Å²) in [7, 11) is 0. The molecule has 5 heteroatoms. The van der Waals surface area contributed by atoms with Crippen LogP contribution in [0.4, 0.5) is 0 Å². The van der Waals surface area contributed by atoms with Crippen molar-refractivity contribution in [3.63, 3.8) is 0 Å². The number of fused-ring (bicyclic) bond motifs is 1. The number of amides is 1. The monoisotopic (exact) mass is 307 g/mol. The van der Waals surface area contributed by atoms with Crippen LogP contribution in [0.15, 0.2) is 29.2 Å². The molecule has 1 amide bonds. The van der Waals surface area contributed by atoms with E-state index in [-0.39, 0.29) is 11.2 Å². The molecule has 0 bridgehead atoms. The van der Waals surface area contributed by atoms with Crippen LogP contribution in [0.3, 0.4) is 0 Å². The second-order valence-electron chi connectivity index (χ2n) is 6.46. The van der Waals surface area contributed by atoms with Crippen molar-refractivity contribution in [2.45, 2.75) is 49.8 Å². The number of hydrogen-bond donors (Lipinski definition) is 2. The Kier molecular flexibility index (Phi) is 4.06. The van der Waals surface area contributed by atoms with Crippen molar-refractivity contribution in [2.75, 3.05) is 0 Å². The lowest BCUT2D eigenvalue weighted by Crippen LogP contribution is -2.58. The van der Waals surface area contributed by atoms with E-state index in [1.54, 1.807) is 39.5 Å². The number of carbonyl (C=O) groups is 2. The summed E-state index contributed by atoms with van der Waals surface area (Å²) in [5.74, 6) is -1.02. The molecular weight excluding hydrogens is 286 g/mol. The number of aliphatic carboxylic acids is 1. The van der Waals surface area contributed by atoms with Crippen molar-refractivity contribution in [1.29, 1.82) is 0 Å². The number of benzene rings is 1. The van der Waals surface area contributed by atoms with Gasteiger partial charge in [0.2, 0.25) is 5.91 Å². The Morgan fingerprint density at radius 2 is 1.86 bits per heavy atom. The van der Waals surface area contributed by atoms with E-state index in [9.17, 15) is 14.7 Å². The summed E-state index contributed by atoms with van der Waals surface area (Å²) in [4.78, 5) is 25.0. The number of carbonyl (C=O) groups excluding carboxylic acids is 1. The largest absolute Gasteiger partial charge is 0.481 e. The number of thioether (sulfide) groups is 1. The van der Waals surface area contributed by atoms with Crippen molar-refractivity contribution in [3.05, 3.63) is 29.8 Å². The molecule has 1 atom stereocenters. The summed E-state index contributed by atoms with van der Waals surface area (Å²) < 4.78 is 0. The third-order valence-electron chi connectivity index (χ3n) is 4.47. The van der Waals surface area contributed by atoms with Crippen molar-refractivity contribution in [1.82, 2.24) is 5.32 Å². The van der Waals surface area contributed by atoms with E-state index >= 15 is 0 Å². The topological polar surface area (TPSA) is 66.4 Å². The molecule has 0 saturated heterocycles. The summed E-state index contributed by atoms with van der Waals surface area (Å²) in [6.07, 6.45) is 0.691. The van der Waals surface area contributed by atoms with Crippen molar-refractivity contribution in [3.8, 4) is 0 Å². The highest BCUT2D eigenvalue weighted by molar-refractivity contribution is 8.01. The zero-order valence-corrected chi connectivity index (χ0v) is 13.6. The Bertz CT molecular complexity index is 556. The Balaban J connectivity index is 2.08. The lowest BCUT2D eigenvalue weighted by molar-refractivity contribution is -0.151. The van der Waals surface area contributed by atoms with Gasteiger partial charge in [-0.3, -0.25) is 9.59 Å². The molecule has 0 saturated carbocycles. The third kappa shape index (κ3) is 2.93. The van der Waals surface area contributed by atoms with E-state index in [0.29, 0.717) is 6.42 Å². The molecule has 0 aliphatic carbocycles. The maximum Gasteiger partial charge on any atom is 0.311 e. The van der Waals surface area contributed by atoms with Crippen LogP contribution in [0.25, 0.3) is 0 Å². The van der Waals surface area contributed by atoms with Crippen molar-refractivity contribution < 1.29 is 14.7 Å². The Labute approximate surface area is 129 Å². The highest BCUT2D eigenvalue weighted by atomic mass is 32.2. The van der Waals surface area contributed by atoms with Crippen molar-refractivity contribution in [2.24, 2.45) is 5.41 Å². The zero-order chi connectivity index (χ0) is 15.8. The molecule has 4 nitrogen and oxygen atoms in total. The standard InChI is InChI=1S/C16H21NO3S/c1-15(2,14(19)20)16(3,4)17-13(18)12-9-10-7-5-6-8-11(10)21-12/h5-8,12H,9H2,1-4H3,(H,17,18)(H,19,20). The minimum Gasteiger partial charge on any atom is -0.481 e. The van der Waals surface area contributed by atoms with Gasteiger partial charge in [0.25, 0.3) is 0 Å². The molecule has 0 radical (unpaired) electrons. The molecule has 1 aromatic carbocycles. The fourth-order valence-corrected chi connectivity index (χ4v) is 3.34. The molecule has 2 N–H and O–H groups in total. The van der Waals surface area contributed by atoms with Gasteiger partial charge in [0, 0.05) is 10.4 Å². The first-order chi connectivity index (χ1) is 9.65. The van der Waals surface area contributed by atoms with Crippen LogP contribution in [-0.4, -0.2) is 27.8 Å². The molecule has 0 spiro atoms. The SMILES string of the molecule is CC(C)(NC(=O)C1Cc2ccccc2S1)C(C)(C)C(=O)O. The highest BCUT2D eigenvalue weighted by Crippen LogP contribution is 2.38. The van der Waals surface area contributed by atoms with Gasteiger partial charge in [-0.1, -0.05) is 18.2 Å². The van der Waals surface area contributed by atoms with Gasteiger partial charge < -0.3 is 10.4 Å². The van der Waals surface area contributed by atoms with Gasteiger partial charge in [0.1, 0.15) is 0 Å². The molecular formula is C16H21NO3S. The summed E-state index contributed by atoms with van der Waals surface area (Å²) in [6.45, 7) is 6.77. The van der Waals surface area contributed by atoms with Crippen LogP contribution < -0.4 is 5.32 Å². The average Bonchev–Trinajstić information content (AvgIpc) is 2.81. The van der Waals surface area contributed by atoms with Gasteiger partial charge in [0.05, 0.1) is 10.7 Å². The molecule has 1 aliphatic heterocycles. The van der Waals surface area contributed by atoms with Crippen LogP contribution in [0.5, 0.6) is 0 Å². The normalized spacial score (nSPS) is 18.2. The molecule has 114 valence electrons. The Morgan fingerprint density at radius 3 is 2.43 bits per heavy atom. The maximum atomic E-state index is 12.5. The van der Waals surface area contributed by atoms with Crippen molar-refractivity contribution >= 4 is 23.6 Å². The van der Waals surface area contributed by atoms with E-state index in [2.05, 4.69) is 5.32 Å². The van der Waals surface area contributed by atoms with E-state index in [0.717, 1.165) is 4.90 Å². The molecule has 1 heterocycles. The van der Waals surface area contributed by atoms with Gasteiger partial charge in [-0.05, 0) is 45.7 Å². The first-order valence-corrected chi connectivity index (χ1v) is 7.83. The lowest BCUT2D eigenvalue weighted by atomic mass is 9.74. The molecule has 2 rings (SSSR count). The highest BCUT2D eigenvalue weighted by Gasteiger charge is 2.45. The minimum absolute atomic E-state index is 0.101. The lowest BCUT2D eigenvalue weighted by Gasteiger charge is -2.39. The number of nitrogens with one attached hydrogen (secondary N) is 1. The van der Waals surface area contributed by atoms with E-state index < -0.39 is 16.9 Å². The molecule has 1 unspecified atom stereocenters. The molecule has 21 heavy (non-hydrogen) atoms. The fraction of sp³-hybridized carbons (Fsp3) is 0.500. The van der Waals surface area contributed by atoms with E-state index in [1.165, 1.54) is 5.56 Å². The fourth-order valence-electron chi connectivity index (χ4n) is 2.14. The number of hydrogen-bond acceptors (Lipinski definition) is 3. The van der Waals surface area contributed by atoms with Crippen LogP contribution in [-0.2, 0) is 16.0 Å². The number of carboxylic acids is 1. The smallest absolute Gasteiger partial charge is 0.311 e. The predicted molar refractivity (Wildman–Crippen MR) is 83.4 cm³/mol. The van der Waals surface area contributed by atoms with Gasteiger partial charge in [-0.25, -0.2) is 0 Å². The summed E-state index contributed by atoms with van der Waals surface area (Å²) in [5.41, 5.74) is -0.692. The predicted octanol–water partition coefficient (Wildman–Crippen LogP) is 2.71. The Morgan fingerprint density at radius 1 is 1.24 bits per heavy atom. The first-order valence-electron chi connectivity index (χ1n) is 6.95. The summed E-state index contributed by atoms with van der Waals surface area (Å²) in [6, 6.07) is 7.97. The van der Waals surface area contributed by atoms with Crippen LogP contribution in [0.2, 0.25) is 0 Å².